The van der Waals surface area contributed by atoms with Crippen molar-refractivity contribution in [1.82, 2.24) is 25.3 Å². The maximum Gasteiger partial charge on any atom is 0.191 e. The molecule has 0 radical (unpaired) electrons. The Labute approximate surface area is 192 Å². The summed E-state index contributed by atoms with van der Waals surface area (Å²) < 4.78 is 1.95. The van der Waals surface area contributed by atoms with Crippen LogP contribution in [0.5, 0.6) is 0 Å². The molecule has 160 valence electrons. The van der Waals surface area contributed by atoms with Crippen molar-refractivity contribution in [3.8, 4) is 0 Å². The largest absolute Gasteiger partial charge is 0.355 e. The van der Waals surface area contributed by atoms with Crippen LogP contribution in [0.1, 0.15) is 43.7 Å². The summed E-state index contributed by atoms with van der Waals surface area (Å²) in [5.41, 5.74) is 2.54. The molecule has 1 unspecified atom stereocenters. The van der Waals surface area contributed by atoms with Gasteiger partial charge in [0.25, 0.3) is 0 Å². The van der Waals surface area contributed by atoms with Gasteiger partial charge in [-0.3, -0.25) is 14.6 Å². The summed E-state index contributed by atoms with van der Waals surface area (Å²) in [5.74, 6) is 0.860. The molecule has 1 aliphatic heterocycles. The highest BCUT2D eigenvalue weighted by Gasteiger charge is 2.19. The average molecular weight is 510 g/mol. The highest BCUT2D eigenvalue weighted by Crippen LogP contribution is 2.18. The maximum atomic E-state index is 4.39. The van der Waals surface area contributed by atoms with Gasteiger partial charge < -0.3 is 10.6 Å². The zero-order valence-electron chi connectivity index (χ0n) is 17.7. The standard InChI is InChI=1S/C22H34N6.HI/c1-3-21-11-6-7-14-27(21)16-13-24-22(23-2)25-17-19-9-4-5-10-20(19)18-28-15-8-12-26-28;/h4-5,8-10,12,15,21H,3,6-7,11,13-14,16-18H2,1-2H3,(H2,23,24,25);1H. The van der Waals surface area contributed by atoms with Crippen LogP contribution in [0.3, 0.4) is 0 Å². The number of aromatic nitrogens is 2. The van der Waals surface area contributed by atoms with Crippen molar-refractivity contribution in [2.24, 2.45) is 4.99 Å². The van der Waals surface area contributed by atoms with Crippen LogP contribution in [0.2, 0.25) is 0 Å². The summed E-state index contributed by atoms with van der Waals surface area (Å²) in [5, 5.41) is 11.3. The molecule has 1 saturated heterocycles. The van der Waals surface area contributed by atoms with Gasteiger partial charge in [0.05, 0.1) is 6.54 Å². The second kappa shape index (κ2) is 12.8. The molecule has 1 fully saturated rings. The summed E-state index contributed by atoms with van der Waals surface area (Å²) in [6.45, 7) is 7.06. The third-order valence-electron chi connectivity index (χ3n) is 5.59. The molecule has 0 aliphatic carbocycles. The Bertz CT molecular complexity index is 731. The van der Waals surface area contributed by atoms with Crippen molar-refractivity contribution < 1.29 is 0 Å². The molecule has 1 aromatic carbocycles. The van der Waals surface area contributed by atoms with Crippen LogP contribution in [-0.2, 0) is 13.1 Å². The molecule has 6 nitrogen and oxygen atoms in total. The lowest BCUT2D eigenvalue weighted by Crippen LogP contribution is -2.45. The zero-order valence-corrected chi connectivity index (χ0v) is 20.0. The SMILES string of the molecule is CCC1CCCCN1CCNC(=NC)NCc1ccccc1Cn1cccn1.I. The number of aliphatic imine (C=N–C) groups is 1. The average Bonchev–Trinajstić information content (AvgIpc) is 3.25. The van der Waals surface area contributed by atoms with E-state index in [0.29, 0.717) is 0 Å². The van der Waals surface area contributed by atoms with Crippen LogP contribution >= 0.6 is 24.0 Å². The van der Waals surface area contributed by atoms with Gasteiger partial charge in [0.1, 0.15) is 0 Å². The first kappa shape index (κ1) is 23.7. The summed E-state index contributed by atoms with van der Waals surface area (Å²) in [6, 6.07) is 11.2. The first-order chi connectivity index (χ1) is 13.8. The summed E-state index contributed by atoms with van der Waals surface area (Å²) >= 11 is 0. The highest BCUT2D eigenvalue weighted by molar-refractivity contribution is 14.0. The number of nitrogens with one attached hydrogen (secondary N) is 2. The molecule has 1 aliphatic rings. The van der Waals surface area contributed by atoms with Crippen LogP contribution in [0, 0.1) is 0 Å². The topological polar surface area (TPSA) is 57.5 Å². The monoisotopic (exact) mass is 510 g/mol. The van der Waals surface area contributed by atoms with Crippen molar-refractivity contribution in [1.29, 1.82) is 0 Å². The normalized spacial score (nSPS) is 17.6. The van der Waals surface area contributed by atoms with E-state index in [1.807, 2.05) is 30.2 Å². The predicted octanol–water partition coefficient (Wildman–Crippen LogP) is 3.48. The molecular formula is C22H35IN6. The molecule has 2 heterocycles. The predicted molar refractivity (Wildman–Crippen MR) is 131 cm³/mol. The Morgan fingerprint density at radius 2 is 2.00 bits per heavy atom. The number of benzene rings is 1. The molecule has 0 saturated carbocycles. The van der Waals surface area contributed by atoms with Crippen LogP contribution in [0.15, 0.2) is 47.7 Å². The van der Waals surface area contributed by atoms with Gasteiger partial charge in [0, 0.05) is 45.1 Å². The van der Waals surface area contributed by atoms with Crippen molar-refractivity contribution in [3.05, 3.63) is 53.9 Å². The first-order valence-corrected chi connectivity index (χ1v) is 10.5. The Kier molecular flexibility index (Phi) is 10.5. The van der Waals surface area contributed by atoms with Gasteiger partial charge in [-0.1, -0.05) is 37.6 Å². The van der Waals surface area contributed by atoms with E-state index in [2.05, 4.69) is 56.8 Å². The minimum atomic E-state index is 0. The fraction of sp³-hybridized carbons (Fsp3) is 0.545. The maximum absolute atomic E-state index is 4.39. The van der Waals surface area contributed by atoms with Crippen molar-refractivity contribution >= 4 is 29.9 Å². The number of hydrogen-bond donors (Lipinski definition) is 2. The Hall–Kier alpha value is -1.61. The van der Waals surface area contributed by atoms with E-state index in [9.17, 15) is 0 Å². The molecule has 1 atom stereocenters. The van der Waals surface area contributed by atoms with Gasteiger partial charge in [0.2, 0.25) is 0 Å². The summed E-state index contributed by atoms with van der Waals surface area (Å²) in [6.07, 6.45) is 9.11. The van der Waals surface area contributed by atoms with E-state index >= 15 is 0 Å². The van der Waals surface area contributed by atoms with Gasteiger partial charge in [-0.2, -0.15) is 5.10 Å². The number of rotatable bonds is 8. The lowest BCUT2D eigenvalue weighted by Gasteiger charge is -2.35. The van der Waals surface area contributed by atoms with Gasteiger partial charge in [0.15, 0.2) is 5.96 Å². The minimum absolute atomic E-state index is 0. The zero-order chi connectivity index (χ0) is 19.6. The molecule has 7 heteroatoms. The molecule has 0 bridgehead atoms. The van der Waals surface area contributed by atoms with E-state index in [1.165, 1.54) is 43.4 Å². The molecule has 1 aromatic heterocycles. The van der Waals surface area contributed by atoms with Gasteiger partial charge >= 0.3 is 0 Å². The Morgan fingerprint density at radius 3 is 2.72 bits per heavy atom. The molecular weight excluding hydrogens is 475 g/mol. The summed E-state index contributed by atoms with van der Waals surface area (Å²) in [7, 11) is 1.83. The van der Waals surface area contributed by atoms with E-state index < -0.39 is 0 Å². The van der Waals surface area contributed by atoms with E-state index in [1.54, 1.807) is 0 Å². The second-order valence-electron chi connectivity index (χ2n) is 7.42. The highest BCUT2D eigenvalue weighted by atomic mass is 127. The van der Waals surface area contributed by atoms with Crippen LogP contribution in [-0.4, -0.2) is 53.4 Å². The van der Waals surface area contributed by atoms with Gasteiger partial charge in [-0.05, 0) is 43.0 Å². The smallest absolute Gasteiger partial charge is 0.191 e. The number of nitrogens with zero attached hydrogens (tertiary/aromatic N) is 4. The number of likely N-dealkylation sites (tertiary alicyclic amines) is 1. The lowest BCUT2D eigenvalue weighted by molar-refractivity contribution is 0.147. The third-order valence-corrected chi connectivity index (χ3v) is 5.59. The fourth-order valence-electron chi connectivity index (χ4n) is 3.99. The number of guanidine groups is 1. The number of halogens is 1. The third kappa shape index (κ3) is 7.29. The van der Waals surface area contributed by atoms with Gasteiger partial charge in [-0.15, -0.1) is 24.0 Å². The number of hydrogen-bond acceptors (Lipinski definition) is 3. The molecule has 29 heavy (non-hydrogen) atoms. The number of piperidine rings is 1. The minimum Gasteiger partial charge on any atom is -0.355 e. The van der Waals surface area contributed by atoms with E-state index in [0.717, 1.165) is 38.2 Å². The molecule has 0 spiro atoms. The second-order valence-corrected chi connectivity index (χ2v) is 7.42. The summed E-state index contributed by atoms with van der Waals surface area (Å²) in [4.78, 5) is 7.02. The Morgan fingerprint density at radius 1 is 1.17 bits per heavy atom. The van der Waals surface area contributed by atoms with Gasteiger partial charge in [-0.25, -0.2) is 0 Å². The van der Waals surface area contributed by atoms with Crippen molar-refractivity contribution in [2.75, 3.05) is 26.7 Å². The lowest BCUT2D eigenvalue weighted by atomic mass is 10.0. The molecule has 3 rings (SSSR count). The van der Waals surface area contributed by atoms with E-state index in [4.69, 9.17) is 0 Å². The molecule has 2 N–H and O–H groups in total. The Balaban J connectivity index is 0.00000300. The van der Waals surface area contributed by atoms with Crippen LogP contribution in [0.4, 0.5) is 0 Å². The molecule has 2 aromatic rings. The fourth-order valence-corrected chi connectivity index (χ4v) is 3.99. The van der Waals surface area contributed by atoms with E-state index in [-0.39, 0.29) is 24.0 Å². The van der Waals surface area contributed by atoms with Crippen molar-refractivity contribution in [3.63, 3.8) is 0 Å². The van der Waals surface area contributed by atoms with Crippen molar-refractivity contribution in [2.45, 2.75) is 51.7 Å². The first-order valence-electron chi connectivity index (χ1n) is 10.5. The quantitative estimate of drug-likeness (QED) is 0.325. The molecule has 0 amide bonds. The van der Waals surface area contributed by atoms with Crippen LogP contribution < -0.4 is 10.6 Å². The van der Waals surface area contributed by atoms with Crippen LogP contribution in [0.25, 0.3) is 0 Å².